The Bertz CT molecular complexity index is 867. The van der Waals surface area contributed by atoms with Crippen LogP contribution in [0.1, 0.15) is 51.5 Å². The summed E-state index contributed by atoms with van der Waals surface area (Å²) in [5.41, 5.74) is 1.18. The standard InChI is InChI=1S/C25H33N3O2/c1-18-11-13-27(16-18)24-5-4-6-25(26-24)28-14-12-23(17-28)30-22-9-7-21(8-10-22)19(2)15-20(3)29/h4-10,18-19,23H,11-17H2,1-3H3/t18?,19-,23-/m1/s1. The summed E-state index contributed by atoms with van der Waals surface area (Å²) < 4.78 is 6.24. The molecule has 0 saturated carbocycles. The molecule has 5 heteroatoms. The summed E-state index contributed by atoms with van der Waals surface area (Å²) in [6, 6.07) is 14.6. The van der Waals surface area contributed by atoms with E-state index in [-0.39, 0.29) is 17.8 Å². The van der Waals surface area contributed by atoms with Crippen LogP contribution >= 0.6 is 0 Å². The molecule has 160 valence electrons. The average Bonchev–Trinajstić information content (AvgIpc) is 3.37. The van der Waals surface area contributed by atoms with E-state index in [1.807, 2.05) is 12.1 Å². The Balaban J connectivity index is 1.34. The van der Waals surface area contributed by atoms with Gasteiger partial charge in [-0.05, 0) is 55.0 Å². The maximum absolute atomic E-state index is 11.3. The Morgan fingerprint density at radius 1 is 1.07 bits per heavy atom. The largest absolute Gasteiger partial charge is 0.489 e. The lowest BCUT2D eigenvalue weighted by Gasteiger charge is -2.22. The van der Waals surface area contributed by atoms with Crippen molar-refractivity contribution in [2.24, 2.45) is 5.92 Å². The van der Waals surface area contributed by atoms with E-state index in [2.05, 4.69) is 54.0 Å². The van der Waals surface area contributed by atoms with E-state index < -0.39 is 0 Å². The molecule has 5 nitrogen and oxygen atoms in total. The summed E-state index contributed by atoms with van der Waals surface area (Å²) >= 11 is 0. The van der Waals surface area contributed by atoms with E-state index in [4.69, 9.17) is 9.72 Å². The number of pyridine rings is 1. The summed E-state index contributed by atoms with van der Waals surface area (Å²) in [6.45, 7) is 10.1. The van der Waals surface area contributed by atoms with Crippen molar-refractivity contribution >= 4 is 17.4 Å². The Morgan fingerprint density at radius 3 is 2.37 bits per heavy atom. The Labute approximate surface area is 180 Å². The van der Waals surface area contributed by atoms with Crippen molar-refractivity contribution in [3.63, 3.8) is 0 Å². The molecule has 0 bridgehead atoms. The summed E-state index contributed by atoms with van der Waals surface area (Å²) in [5, 5.41) is 0. The van der Waals surface area contributed by atoms with Crippen LogP contribution in [0.4, 0.5) is 11.6 Å². The number of ether oxygens (including phenoxy) is 1. The topological polar surface area (TPSA) is 45.7 Å². The molecule has 3 heterocycles. The lowest BCUT2D eigenvalue weighted by atomic mass is 9.96. The van der Waals surface area contributed by atoms with Gasteiger partial charge in [0, 0.05) is 32.5 Å². The van der Waals surface area contributed by atoms with Gasteiger partial charge in [-0.2, -0.15) is 0 Å². The predicted octanol–water partition coefficient (Wildman–Crippen LogP) is 4.67. The highest BCUT2D eigenvalue weighted by atomic mass is 16.5. The molecule has 2 aliphatic heterocycles. The minimum atomic E-state index is 0.169. The molecule has 2 aromatic rings. The van der Waals surface area contributed by atoms with Crippen molar-refractivity contribution in [1.29, 1.82) is 0 Å². The number of rotatable bonds is 7. The third-order valence-corrected chi connectivity index (χ3v) is 6.28. The summed E-state index contributed by atoms with van der Waals surface area (Å²) in [6.07, 6.45) is 3.00. The third kappa shape index (κ3) is 4.94. The average molecular weight is 408 g/mol. The number of ketones is 1. The molecule has 1 unspecified atom stereocenters. The van der Waals surface area contributed by atoms with Crippen molar-refractivity contribution in [2.45, 2.75) is 52.1 Å². The lowest BCUT2D eigenvalue weighted by Crippen LogP contribution is -2.26. The van der Waals surface area contributed by atoms with Crippen molar-refractivity contribution in [3.05, 3.63) is 48.0 Å². The molecule has 4 rings (SSSR count). The Kier molecular flexibility index (Phi) is 6.26. The fourth-order valence-electron chi connectivity index (χ4n) is 4.56. The fourth-order valence-corrected chi connectivity index (χ4v) is 4.56. The van der Waals surface area contributed by atoms with Gasteiger partial charge in [-0.3, -0.25) is 0 Å². The molecule has 2 saturated heterocycles. The molecule has 0 radical (unpaired) electrons. The molecule has 0 spiro atoms. The fraction of sp³-hybridized carbons (Fsp3) is 0.520. The van der Waals surface area contributed by atoms with Gasteiger partial charge in [0.15, 0.2) is 0 Å². The Morgan fingerprint density at radius 2 is 1.73 bits per heavy atom. The number of Topliss-reactive ketones (excluding diaryl/α,β-unsaturated/α-hetero) is 1. The molecular weight excluding hydrogens is 374 g/mol. The van der Waals surface area contributed by atoms with Crippen molar-refractivity contribution in [3.8, 4) is 5.75 Å². The van der Waals surface area contributed by atoms with Gasteiger partial charge in [-0.25, -0.2) is 4.98 Å². The molecule has 1 aromatic carbocycles. The normalized spacial score (nSPS) is 22.4. The van der Waals surface area contributed by atoms with Crippen LogP contribution in [-0.2, 0) is 4.79 Å². The zero-order valence-corrected chi connectivity index (χ0v) is 18.4. The van der Waals surface area contributed by atoms with Gasteiger partial charge in [0.1, 0.15) is 29.3 Å². The highest BCUT2D eigenvalue weighted by Gasteiger charge is 2.26. The molecule has 0 amide bonds. The molecule has 2 aliphatic rings. The quantitative estimate of drug-likeness (QED) is 0.667. The van der Waals surface area contributed by atoms with Crippen molar-refractivity contribution < 1.29 is 9.53 Å². The van der Waals surface area contributed by atoms with E-state index in [0.717, 1.165) is 55.9 Å². The molecule has 2 fully saturated rings. The van der Waals surface area contributed by atoms with Gasteiger partial charge < -0.3 is 19.3 Å². The number of carbonyl (C=O) groups is 1. The predicted molar refractivity (Wildman–Crippen MR) is 122 cm³/mol. The zero-order chi connectivity index (χ0) is 21.1. The number of benzene rings is 1. The van der Waals surface area contributed by atoms with Crippen LogP contribution < -0.4 is 14.5 Å². The van der Waals surface area contributed by atoms with Crippen molar-refractivity contribution in [2.75, 3.05) is 36.0 Å². The zero-order valence-electron chi connectivity index (χ0n) is 18.4. The van der Waals surface area contributed by atoms with E-state index in [9.17, 15) is 4.79 Å². The van der Waals surface area contributed by atoms with E-state index >= 15 is 0 Å². The van der Waals surface area contributed by atoms with Crippen LogP contribution in [0.3, 0.4) is 0 Å². The van der Waals surface area contributed by atoms with Gasteiger partial charge in [0.25, 0.3) is 0 Å². The first kappa shape index (κ1) is 20.7. The highest BCUT2D eigenvalue weighted by Crippen LogP contribution is 2.28. The monoisotopic (exact) mass is 407 g/mol. The maximum Gasteiger partial charge on any atom is 0.131 e. The van der Waals surface area contributed by atoms with Crippen LogP contribution in [0, 0.1) is 5.92 Å². The first-order valence-corrected chi connectivity index (χ1v) is 11.2. The number of hydrogen-bond acceptors (Lipinski definition) is 5. The molecule has 0 N–H and O–H groups in total. The smallest absolute Gasteiger partial charge is 0.131 e. The summed E-state index contributed by atoms with van der Waals surface area (Å²) in [4.78, 5) is 21.0. The van der Waals surface area contributed by atoms with Crippen LogP contribution in [0.15, 0.2) is 42.5 Å². The molecule has 0 aliphatic carbocycles. The number of hydrogen-bond donors (Lipinski definition) is 0. The molecule has 30 heavy (non-hydrogen) atoms. The molecule has 1 aromatic heterocycles. The van der Waals surface area contributed by atoms with Gasteiger partial charge in [0.05, 0.1) is 6.54 Å². The first-order chi connectivity index (χ1) is 14.5. The van der Waals surface area contributed by atoms with Crippen LogP contribution in [0.2, 0.25) is 0 Å². The van der Waals surface area contributed by atoms with E-state index in [1.165, 1.54) is 12.0 Å². The van der Waals surface area contributed by atoms with Crippen LogP contribution in [0.5, 0.6) is 5.75 Å². The minimum absolute atomic E-state index is 0.169. The Hall–Kier alpha value is -2.56. The lowest BCUT2D eigenvalue weighted by molar-refractivity contribution is -0.117. The number of nitrogens with zero attached hydrogens (tertiary/aromatic N) is 3. The van der Waals surface area contributed by atoms with Gasteiger partial charge >= 0.3 is 0 Å². The SMILES string of the molecule is CC(=O)C[C@@H](C)c1ccc(O[C@@H]2CCN(c3cccc(N4CCC(C)C4)n3)C2)cc1. The first-order valence-electron chi connectivity index (χ1n) is 11.2. The number of carbonyl (C=O) groups excluding carboxylic acids is 1. The maximum atomic E-state index is 11.3. The second kappa shape index (κ2) is 9.07. The molecule has 3 atom stereocenters. The van der Waals surface area contributed by atoms with E-state index in [0.29, 0.717) is 6.42 Å². The summed E-state index contributed by atoms with van der Waals surface area (Å²) in [5.74, 6) is 4.26. The van der Waals surface area contributed by atoms with Crippen LogP contribution in [-0.4, -0.2) is 43.1 Å². The number of anilines is 2. The number of aromatic nitrogens is 1. The van der Waals surface area contributed by atoms with Crippen molar-refractivity contribution in [1.82, 2.24) is 4.98 Å². The van der Waals surface area contributed by atoms with E-state index in [1.54, 1.807) is 6.92 Å². The second-order valence-corrected chi connectivity index (χ2v) is 9.04. The minimum Gasteiger partial charge on any atom is -0.489 e. The van der Waals surface area contributed by atoms with Crippen LogP contribution in [0.25, 0.3) is 0 Å². The molecular formula is C25H33N3O2. The van der Waals surface area contributed by atoms with Gasteiger partial charge in [-0.15, -0.1) is 0 Å². The second-order valence-electron chi connectivity index (χ2n) is 9.04. The van der Waals surface area contributed by atoms with Gasteiger partial charge in [0.2, 0.25) is 0 Å². The van der Waals surface area contributed by atoms with Gasteiger partial charge in [-0.1, -0.05) is 32.0 Å². The summed E-state index contributed by atoms with van der Waals surface area (Å²) in [7, 11) is 0. The highest BCUT2D eigenvalue weighted by molar-refractivity contribution is 5.76. The third-order valence-electron chi connectivity index (χ3n) is 6.28.